The molecule has 4 aromatic rings. The SMILES string of the molecule is COc1ccccc1-c1nnc2n1N[C@@H](c1ccc(Cl)c([N+](=O)[O-])c1)[C@H](C(=O)c1ccccc1)S2. The third-order valence-electron chi connectivity index (χ3n) is 5.63. The van der Waals surface area contributed by atoms with Gasteiger partial charge in [0, 0.05) is 11.6 Å². The Hall–Kier alpha value is -3.89. The maximum Gasteiger partial charge on any atom is 0.288 e. The maximum absolute atomic E-state index is 13.6. The summed E-state index contributed by atoms with van der Waals surface area (Å²) in [6.45, 7) is 0. The Morgan fingerprint density at radius 1 is 1.11 bits per heavy atom. The van der Waals surface area contributed by atoms with Gasteiger partial charge in [-0.05, 0) is 23.8 Å². The summed E-state index contributed by atoms with van der Waals surface area (Å²) in [7, 11) is 1.57. The van der Waals surface area contributed by atoms with Gasteiger partial charge in [0.2, 0.25) is 5.16 Å². The first kappa shape index (κ1) is 22.9. The Kier molecular flexibility index (Phi) is 6.14. The van der Waals surface area contributed by atoms with E-state index < -0.39 is 16.2 Å². The third-order valence-corrected chi connectivity index (χ3v) is 7.16. The topological polar surface area (TPSA) is 112 Å². The largest absolute Gasteiger partial charge is 0.496 e. The predicted molar refractivity (Wildman–Crippen MR) is 133 cm³/mol. The molecule has 0 saturated carbocycles. The average Bonchev–Trinajstić information content (AvgIpc) is 3.31. The molecule has 1 N–H and O–H groups in total. The number of rotatable bonds is 6. The number of para-hydroxylation sites is 1. The van der Waals surface area contributed by atoms with Crippen molar-refractivity contribution in [2.24, 2.45) is 0 Å². The van der Waals surface area contributed by atoms with Gasteiger partial charge in [0.05, 0.1) is 23.6 Å². The summed E-state index contributed by atoms with van der Waals surface area (Å²) >= 11 is 7.30. The van der Waals surface area contributed by atoms with Crippen molar-refractivity contribution in [2.45, 2.75) is 16.4 Å². The van der Waals surface area contributed by atoms with Crippen LogP contribution in [0.5, 0.6) is 5.75 Å². The number of nitro benzene ring substituents is 1. The number of thioether (sulfide) groups is 1. The van der Waals surface area contributed by atoms with Crippen LogP contribution in [0.3, 0.4) is 0 Å². The second-order valence-corrected chi connectivity index (χ2v) is 9.20. The van der Waals surface area contributed by atoms with E-state index in [4.69, 9.17) is 16.3 Å². The summed E-state index contributed by atoms with van der Waals surface area (Å²) in [6.07, 6.45) is 0. The molecule has 0 amide bonds. The van der Waals surface area contributed by atoms with E-state index in [9.17, 15) is 14.9 Å². The highest BCUT2D eigenvalue weighted by atomic mass is 35.5. The van der Waals surface area contributed by atoms with Gasteiger partial charge in [0.15, 0.2) is 11.6 Å². The number of nitrogens with zero attached hydrogens (tertiary/aromatic N) is 4. The number of aromatic nitrogens is 3. The van der Waals surface area contributed by atoms with E-state index in [1.165, 1.54) is 23.9 Å². The highest BCUT2D eigenvalue weighted by molar-refractivity contribution is 8.00. The number of methoxy groups -OCH3 is 1. The Bertz CT molecular complexity index is 1430. The molecular weight excluding hydrogens is 490 g/mol. The molecule has 176 valence electrons. The van der Waals surface area contributed by atoms with Crippen LogP contribution >= 0.6 is 23.4 Å². The zero-order valence-corrected chi connectivity index (χ0v) is 19.9. The van der Waals surface area contributed by atoms with Crippen molar-refractivity contribution in [3.05, 3.63) is 99.1 Å². The number of Topliss-reactive ketones (excluding diaryl/α,β-unsaturated/α-hetero) is 1. The van der Waals surface area contributed by atoms with Crippen LogP contribution in [0.25, 0.3) is 11.4 Å². The number of nitrogens with one attached hydrogen (secondary N) is 1. The quantitative estimate of drug-likeness (QED) is 0.216. The Morgan fingerprint density at radius 2 is 1.86 bits per heavy atom. The molecule has 2 heterocycles. The summed E-state index contributed by atoms with van der Waals surface area (Å²) < 4.78 is 7.17. The van der Waals surface area contributed by atoms with E-state index in [1.54, 1.807) is 42.1 Å². The lowest BCUT2D eigenvalue weighted by atomic mass is 9.97. The fourth-order valence-corrected chi connectivity index (χ4v) is 5.28. The van der Waals surface area contributed by atoms with Gasteiger partial charge in [-0.25, -0.2) is 4.68 Å². The number of ketones is 1. The van der Waals surface area contributed by atoms with E-state index in [0.717, 1.165) is 0 Å². The van der Waals surface area contributed by atoms with Gasteiger partial charge in [-0.3, -0.25) is 14.9 Å². The number of hydrogen-bond donors (Lipinski definition) is 1. The second-order valence-electron chi connectivity index (χ2n) is 7.69. The third kappa shape index (κ3) is 4.22. The van der Waals surface area contributed by atoms with Crippen LogP contribution in [0.1, 0.15) is 22.0 Å². The number of ether oxygens (including phenoxy) is 1. The molecule has 1 aliphatic rings. The van der Waals surface area contributed by atoms with Crippen LogP contribution in [0, 0.1) is 10.1 Å². The van der Waals surface area contributed by atoms with Gasteiger partial charge in [-0.15, -0.1) is 10.2 Å². The molecule has 1 aliphatic heterocycles. The highest BCUT2D eigenvalue weighted by Crippen LogP contribution is 2.42. The molecule has 35 heavy (non-hydrogen) atoms. The first-order valence-electron chi connectivity index (χ1n) is 10.5. The predicted octanol–water partition coefficient (Wildman–Crippen LogP) is 5.16. The fraction of sp³-hybridized carbons (Fsp3) is 0.125. The number of nitro groups is 1. The molecule has 9 nitrogen and oxygen atoms in total. The van der Waals surface area contributed by atoms with Crippen molar-refractivity contribution in [1.29, 1.82) is 0 Å². The lowest BCUT2D eigenvalue weighted by Crippen LogP contribution is -2.39. The summed E-state index contributed by atoms with van der Waals surface area (Å²) in [5, 5.41) is 20.0. The number of hydrogen-bond acceptors (Lipinski definition) is 8. The zero-order chi connectivity index (χ0) is 24.5. The summed E-state index contributed by atoms with van der Waals surface area (Å²) in [4.78, 5) is 24.6. The van der Waals surface area contributed by atoms with Crippen molar-refractivity contribution in [1.82, 2.24) is 14.9 Å². The normalized spacial score (nSPS) is 16.7. The van der Waals surface area contributed by atoms with E-state index in [2.05, 4.69) is 15.6 Å². The number of halogens is 1. The lowest BCUT2D eigenvalue weighted by molar-refractivity contribution is -0.384. The second kappa shape index (κ2) is 9.40. The molecule has 11 heteroatoms. The number of carbonyl (C=O) groups is 1. The van der Waals surface area contributed by atoms with Crippen molar-refractivity contribution < 1.29 is 14.5 Å². The lowest BCUT2D eigenvalue weighted by Gasteiger charge is -2.33. The molecule has 0 aliphatic carbocycles. The van der Waals surface area contributed by atoms with Crippen molar-refractivity contribution >= 4 is 34.8 Å². The van der Waals surface area contributed by atoms with Gasteiger partial charge in [0.25, 0.3) is 5.69 Å². The molecule has 0 bridgehead atoms. The van der Waals surface area contributed by atoms with E-state index in [0.29, 0.717) is 33.4 Å². The Morgan fingerprint density at radius 3 is 2.60 bits per heavy atom. The van der Waals surface area contributed by atoms with Crippen molar-refractivity contribution in [2.75, 3.05) is 12.5 Å². The van der Waals surface area contributed by atoms with Crippen LogP contribution in [-0.2, 0) is 0 Å². The minimum Gasteiger partial charge on any atom is -0.496 e. The first-order chi connectivity index (χ1) is 17.0. The van der Waals surface area contributed by atoms with Gasteiger partial charge in [-0.2, -0.15) is 0 Å². The van der Waals surface area contributed by atoms with E-state index in [-0.39, 0.29) is 16.5 Å². The summed E-state index contributed by atoms with van der Waals surface area (Å²) in [5.74, 6) is 0.957. The molecule has 0 saturated heterocycles. The number of benzene rings is 3. The van der Waals surface area contributed by atoms with Gasteiger partial charge < -0.3 is 10.2 Å². The molecule has 5 rings (SSSR count). The standard InChI is InChI=1S/C24H18ClN5O4S/c1-34-19-10-6-5-9-16(19)23-26-27-24-29(23)28-20(15-11-12-17(25)18(13-15)30(32)33)22(35-24)21(31)14-7-3-2-4-8-14/h2-13,20,22,28H,1H3/t20-,22+/m0/s1. The maximum atomic E-state index is 13.6. The summed E-state index contributed by atoms with van der Waals surface area (Å²) in [6, 6.07) is 20.2. The minimum atomic E-state index is -0.666. The Labute approximate surface area is 209 Å². The van der Waals surface area contributed by atoms with Crippen molar-refractivity contribution in [3.8, 4) is 17.1 Å². The van der Waals surface area contributed by atoms with E-state index in [1.807, 2.05) is 30.3 Å². The van der Waals surface area contributed by atoms with Crippen LogP contribution in [0.4, 0.5) is 5.69 Å². The van der Waals surface area contributed by atoms with Crippen LogP contribution in [0.15, 0.2) is 78.0 Å². The smallest absolute Gasteiger partial charge is 0.288 e. The van der Waals surface area contributed by atoms with Gasteiger partial charge >= 0.3 is 0 Å². The van der Waals surface area contributed by atoms with Gasteiger partial charge in [-0.1, -0.05) is 71.9 Å². The molecule has 2 atom stereocenters. The molecule has 0 fully saturated rings. The number of fused-ring (bicyclic) bond motifs is 1. The highest BCUT2D eigenvalue weighted by Gasteiger charge is 2.39. The van der Waals surface area contributed by atoms with E-state index >= 15 is 0 Å². The molecular formula is C24H18ClN5O4S. The minimum absolute atomic E-state index is 0.0212. The number of carbonyl (C=O) groups excluding carboxylic acids is 1. The van der Waals surface area contributed by atoms with Crippen molar-refractivity contribution in [3.63, 3.8) is 0 Å². The van der Waals surface area contributed by atoms with Crippen LogP contribution in [0.2, 0.25) is 5.02 Å². The molecule has 1 aromatic heterocycles. The Balaban J connectivity index is 1.63. The van der Waals surface area contributed by atoms with Crippen LogP contribution < -0.4 is 10.2 Å². The molecule has 3 aromatic carbocycles. The van der Waals surface area contributed by atoms with Gasteiger partial charge in [0.1, 0.15) is 16.0 Å². The first-order valence-corrected chi connectivity index (χ1v) is 11.8. The molecule has 0 radical (unpaired) electrons. The average molecular weight is 508 g/mol. The summed E-state index contributed by atoms with van der Waals surface area (Å²) in [5.41, 5.74) is 4.86. The molecule has 0 spiro atoms. The van der Waals surface area contributed by atoms with Crippen LogP contribution in [-0.4, -0.2) is 37.9 Å². The molecule has 0 unspecified atom stereocenters. The monoisotopic (exact) mass is 507 g/mol. The zero-order valence-electron chi connectivity index (χ0n) is 18.3. The fourth-order valence-electron chi connectivity index (χ4n) is 3.94.